The molecule has 0 amide bonds. The molecule has 4 nitrogen and oxygen atoms in total. The Kier molecular flexibility index (Phi) is 4.44. The lowest BCUT2D eigenvalue weighted by Crippen LogP contribution is -2.16. The zero-order chi connectivity index (χ0) is 13.0. The van der Waals surface area contributed by atoms with E-state index in [9.17, 15) is 5.11 Å². The molecule has 100 valence electrons. The number of methoxy groups -OCH3 is 1. The zero-order valence-electron chi connectivity index (χ0n) is 10.9. The predicted molar refractivity (Wildman–Crippen MR) is 68.0 cm³/mol. The van der Waals surface area contributed by atoms with Gasteiger partial charge in [-0.05, 0) is 30.0 Å². The first kappa shape index (κ1) is 13.2. The largest absolute Gasteiger partial charge is 0.486 e. The van der Waals surface area contributed by atoms with Crippen LogP contribution in [0.4, 0.5) is 0 Å². The highest BCUT2D eigenvalue weighted by molar-refractivity contribution is 5.44. The Morgan fingerprint density at radius 2 is 2.00 bits per heavy atom. The van der Waals surface area contributed by atoms with Crippen molar-refractivity contribution in [1.82, 2.24) is 0 Å². The van der Waals surface area contributed by atoms with Gasteiger partial charge in [-0.2, -0.15) is 0 Å². The van der Waals surface area contributed by atoms with Crippen LogP contribution in [-0.2, 0) is 4.74 Å². The summed E-state index contributed by atoms with van der Waals surface area (Å²) in [5.41, 5.74) is 0.863. The van der Waals surface area contributed by atoms with E-state index >= 15 is 0 Å². The molecule has 0 spiro atoms. The molecule has 0 aromatic heterocycles. The van der Waals surface area contributed by atoms with Crippen molar-refractivity contribution >= 4 is 0 Å². The summed E-state index contributed by atoms with van der Waals surface area (Å²) in [6.45, 7) is 3.86. The average Bonchev–Trinajstić information content (AvgIpc) is 2.38. The van der Waals surface area contributed by atoms with E-state index in [1.54, 1.807) is 7.11 Å². The third-order valence-electron chi connectivity index (χ3n) is 3.03. The summed E-state index contributed by atoms with van der Waals surface area (Å²) in [7, 11) is 1.67. The second kappa shape index (κ2) is 6.07. The minimum atomic E-state index is -0.494. The molecule has 0 bridgehead atoms. The molecule has 1 aromatic rings. The van der Waals surface area contributed by atoms with Crippen LogP contribution in [0.5, 0.6) is 11.5 Å². The van der Waals surface area contributed by atoms with Gasteiger partial charge < -0.3 is 19.3 Å². The van der Waals surface area contributed by atoms with Crippen molar-refractivity contribution in [1.29, 1.82) is 0 Å². The third-order valence-corrected chi connectivity index (χ3v) is 3.03. The minimum absolute atomic E-state index is 0.318. The Balaban J connectivity index is 2.04. The molecule has 2 atom stereocenters. The summed E-state index contributed by atoms with van der Waals surface area (Å²) in [4.78, 5) is 0. The fourth-order valence-electron chi connectivity index (χ4n) is 2.14. The van der Waals surface area contributed by atoms with Crippen LogP contribution >= 0.6 is 0 Å². The summed E-state index contributed by atoms with van der Waals surface area (Å²) >= 11 is 0. The zero-order valence-corrected chi connectivity index (χ0v) is 10.9. The summed E-state index contributed by atoms with van der Waals surface area (Å²) in [5.74, 6) is 1.79. The molecule has 1 aromatic carbocycles. The topological polar surface area (TPSA) is 47.9 Å². The van der Waals surface area contributed by atoms with Crippen LogP contribution in [0, 0.1) is 5.92 Å². The minimum Gasteiger partial charge on any atom is -0.486 e. The van der Waals surface area contributed by atoms with E-state index in [0.29, 0.717) is 32.2 Å². The Labute approximate surface area is 107 Å². The van der Waals surface area contributed by atoms with Gasteiger partial charge in [0.05, 0.1) is 6.10 Å². The normalized spacial score (nSPS) is 17.3. The number of rotatable bonds is 5. The molecule has 1 aliphatic rings. The van der Waals surface area contributed by atoms with Gasteiger partial charge in [-0.15, -0.1) is 0 Å². The Morgan fingerprint density at radius 3 is 2.72 bits per heavy atom. The molecule has 0 saturated heterocycles. The Bertz CT molecular complexity index is 391. The molecule has 1 heterocycles. The van der Waals surface area contributed by atoms with E-state index in [1.165, 1.54) is 0 Å². The fourth-order valence-corrected chi connectivity index (χ4v) is 2.14. The van der Waals surface area contributed by atoms with Crippen LogP contribution in [0.25, 0.3) is 0 Å². The van der Waals surface area contributed by atoms with E-state index in [1.807, 2.05) is 18.2 Å². The highest BCUT2D eigenvalue weighted by Gasteiger charge is 2.17. The van der Waals surface area contributed by atoms with E-state index in [2.05, 4.69) is 6.92 Å². The first-order chi connectivity index (χ1) is 8.70. The van der Waals surface area contributed by atoms with Crippen molar-refractivity contribution in [2.75, 3.05) is 26.9 Å². The molecule has 1 aliphatic heterocycles. The predicted octanol–water partition coefficient (Wildman–Crippen LogP) is 2.16. The number of fused-ring (bicyclic) bond motifs is 1. The van der Waals surface area contributed by atoms with E-state index in [0.717, 1.165) is 17.1 Å². The fraction of sp³-hybridized carbons (Fsp3) is 0.571. The van der Waals surface area contributed by atoms with Gasteiger partial charge in [-0.3, -0.25) is 0 Å². The number of ether oxygens (including phenoxy) is 3. The van der Waals surface area contributed by atoms with Gasteiger partial charge in [0.1, 0.15) is 13.2 Å². The smallest absolute Gasteiger partial charge is 0.161 e. The van der Waals surface area contributed by atoms with Gasteiger partial charge in [-0.1, -0.05) is 13.0 Å². The quantitative estimate of drug-likeness (QED) is 0.872. The lowest BCUT2D eigenvalue weighted by atomic mass is 9.98. The average molecular weight is 252 g/mol. The summed E-state index contributed by atoms with van der Waals surface area (Å²) in [6.07, 6.45) is 0.180. The van der Waals surface area contributed by atoms with Gasteiger partial charge in [-0.25, -0.2) is 0 Å². The van der Waals surface area contributed by atoms with Crippen molar-refractivity contribution in [3.05, 3.63) is 23.8 Å². The van der Waals surface area contributed by atoms with Crippen LogP contribution in [0.3, 0.4) is 0 Å². The molecule has 2 rings (SSSR count). The monoisotopic (exact) mass is 252 g/mol. The third kappa shape index (κ3) is 3.15. The second-order valence-electron chi connectivity index (χ2n) is 4.72. The SMILES string of the molecule is COCC(C)CC(O)c1ccc2c(c1)OCCO2. The van der Waals surface area contributed by atoms with Crippen LogP contribution < -0.4 is 9.47 Å². The molecule has 4 heteroatoms. The molecule has 0 saturated carbocycles. The lowest BCUT2D eigenvalue weighted by Gasteiger charge is -2.21. The van der Waals surface area contributed by atoms with Crippen LogP contribution in [0.1, 0.15) is 25.0 Å². The van der Waals surface area contributed by atoms with E-state index in [4.69, 9.17) is 14.2 Å². The van der Waals surface area contributed by atoms with Gasteiger partial charge in [0.15, 0.2) is 11.5 Å². The van der Waals surface area contributed by atoms with Crippen LogP contribution in [0.15, 0.2) is 18.2 Å². The summed E-state index contributed by atoms with van der Waals surface area (Å²) < 4.78 is 16.0. The maximum Gasteiger partial charge on any atom is 0.161 e. The van der Waals surface area contributed by atoms with Gasteiger partial charge in [0, 0.05) is 13.7 Å². The first-order valence-electron chi connectivity index (χ1n) is 6.27. The number of aliphatic hydroxyl groups excluding tert-OH is 1. The second-order valence-corrected chi connectivity index (χ2v) is 4.72. The van der Waals surface area contributed by atoms with E-state index in [-0.39, 0.29) is 0 Å². The van der Waals surface area contributed by atoms with Gasteiger partial charge in [0.2, 0.25) is 0 Å². The molecule has 0 aliphatic carbocycles. The number of hydrogen-bond acceptors (Lipinski definition) is 4. The molecule has 0 radical (unpaired) electrons. The van der Waals surface area contributed by atoms with Crippen LogP contribution in [-0.4, -0.2) is 32.0 Å². The van der Waals surface area contributed by atoms with Crippen molar-refractivity contribution in [2.24, 2.45) is 5.92 Å². The first-order valence-corrected chi connectivity index (χ1v) is 6.27. The van der Waals surface area contributed by atoms with Gasteiger partial charge in [0.25, 0.3) is 0 Å². The molecule has 0 fully saturated rings. The standard InChI is InChI=1S/C14H20O4/c1-10(9-16-2)7-12(15)11-3-4-13-14(8-11)18-6-5-17-13/h3-4,8,10,12,15H,5-7,9H2,1-2H3. The Hall–Kier alpha value is -1.26. The van der Waals surface area contributed by atoms with Crippen molar-refractivity contribution in [3.8, 4) is 11.5 Å². The molecular formula is C14H20O4. The molecule has 2 unspecified atom stereocenters. The van der Waals surface area contributed by atoms with E-state index < -0.39 is 6.10 Å². The number of benzene rings is 1. The molecular weight excluding hydrogens is 232 g/mol. The molecule has 1 N–H and O–H groups in total. The highest BCUT2D eigenvalue weighted by Crippen LogP contribution is 2.33. The number of aliphatic hydroxyl groups is 1. The maximum absolute atomic E-state index is 10.2. The summed E-state index contributed by atoms with van der Waals surface area (Å²) in [6, 6.07) is 5.60. The van der Waals surface area contributed by atoms with Crippen molar-refractivity contribution in [3.63, 3.8) is 0 Å². The molecule has 18 heavy (non-hydrogen) atoms. The highest BCUT2D eigenvalue weighted by atomic mass is 16.6. The summed E-state index contributed by atoms with van der Waals surface area (Å²) in [5, 5.41) is 10.2. The van der Waals surface area contributed by atoms with Crippen LogP contribution in [0.2, 0.25) is 0 Å². The Morgan fingerprint density at radius 1 is 1.28 bits per heavy atom. The van der Waals surface area contributed by atoms with Crippen molar-refractivity contribution < 1.29 is 19.3 Å². The van der Waals surface area contributed by atoms with Crippen molar-refractivity contribution in [2.45, 2.75) is 19.4 Å². The van der Waals surface area contributed by atoms with Gasteiger partial charge >= 0.3 is 0 Å². The maximum atomic E-state index is 10.2. The lowest BCUT2D eigenvalue weighted by molar-refractivity contribution is 0.101. The number of hydrogen-bond donors (Lipinski definition) is 1.